The lowest BCUT2D eigenvalue weighted by Gasteiger charge is -2.19. The van der Waals surface area contributed by atoms with Crippen LogP contribution >= 0.6 is 11.8 Å². The number of carbonyl (C=O) groups excluding carboxylic acids is 1. The van der Waals surface area contributed by atoms with Crippen LogP contribution in [-0.4, -0.2) is 22.4 Å². The van der Waals surface area contributed by atoms with E-state index in [9.17, 15) is 9.90 Å². The van der Waals surface area contributed by atoms with Crippen LogP contribution in [0.1, 0.15) is 26.3 Å². The third-order valence-corrected chi connectivity index (χ3v) is 2.98. The van der Waals surface area contributed by atoms with Crippen molar-refractivity contribution in [2.45, 2.75) is 32.1 Å². The van der Waals surface area contributed by atoms with Crippen molar-refractivity contribution >= 4 is 23.4 Å². The number of anilines is 1. The van der Waals surface area contributed by atoms with Gasteiger partial charge in [0.15, 0.2) is 0 Å². The Morgan fingerprint density at radius 3 is 2.67 bits per heavy atom. The Bertz CT molecular complexity index is 427. The monoisotopic (exact) mass is 269 g/mol. The normalized spacial score (nSPS) is 11.3. The highest BCUT2D eigenvalue weighted by atomic mass is 32.2. The number of nitrogen functional groups attached to an aromatic ring is 1. The summed E-state index contributed by atoms with van der Waals surface area (Å²) < 4.78 is 5.19. The fourth-order valence-electron chi connectivity index (χ4n) is 1.32. The van der Waals surface area contributed by atoms with Crippen molar-refractivity contribution in [2.75, 3.05) is 11.5 Å². The van der Waals surface area contributed by atoms with Crippen molar-refractivity contribution < 1.29 is 14.6 Å². The standard InChI is InChI=1S/C13H19NO3S/c1-13(2,3)17-12(16)8-18-7-9-4-5-11(15)10(14)6-9/h4-6,15H,7-8,14H2,1-3H3. The van der Waals surface area contributed by atoms with Crippen LogP contribution in [-0.2, 0) is 15.3 Å². The highest BCUT2D eigenvalue weighted by Gasteiger charge is 2.15. The molecule has 0 aromatic heterocycles. The molecule has 1 aromatic carbocycles. The molecule has 0 unspecified atom stereocenters. The van der Waals surface area contributed by atoms with Crippen molar-refractivity contribution in [3.63, 3.8) is 0 Å². The minimum Gasteiger partial charge on any atom is -0.506 e. The number of thioether (sulfide) groups is 1. The van der Waals surface area contributed by atoms with Crippen LogP contribution in [0, 0.1) is 0 Å². The summed E-state index contributed by atoms with van der Waals surface area (Å²) in [6.45, 7) is 5.53. The Hall–Kier alpha value is -1.36. The SMILES string of the molecule is CC(C)(C)OC(=O)CSCc1ccc(O)c(N)c1. The predicted molar refractivity (Wildman–Crippen MR) is 74.5 cm³/mol. The second-order valence-corrected chi connectivity index (χ2v) is 5.96. The Morgan fingerprint density at radius 1 is 1.44 bits per heavy atom. The summed E-state index contributed by atoms with van der Waals surface area (Å²) in [4.78, 5) is 11.5. The average molecular weight is 269 g/mol. The van der Waals surface area contributed by atoms with Gasteiger partial charge < -0.3 is 15.6 Å². The van der Waals surface area contributed by atoms with Crippen molar-refractivity contribution in [1.82, 2.24) is 0 Å². The van der Waals surface area contributed by atoms with Crippen LogP contribution in [0.15, 0.2) is 18.2 Å². The van der Waals surface area contributed by atoms with Gasteiger partial charge in [-0.15, -0.1) is 11.8 Å². The fourth-order valence-corrected chi connectivity index (χ4v) is 2.06. The Labute approximate surface area is 112 Å². The lowest BCUT2D eigenvalue weighted by atomic mass is 10.2. The topological polar surface area (TPSA) is 72.5 Å². The van der Waals surface area contributed by atoms with Crippen molar-refractivity contribution in [3.8, 4) is 5.75 Å². The second kappa shape index (κ2) is 6.00. The molecule has 0 amide bonds. The number of carbonyl (C=O) groups is 1. The van der Waals surface area contributed by atoms with Gasteiger partial charge in [-0.25, -0.2) is 0 Å². The molecule has 100 valence electrons. The van der Waals surface area contributed by atoms with Crippen molar-refractivity contribution in [1.29, 1.82) is 0 Å². The number of phenols is 1. The molecule has 0 spiro atoms. The Morgan fingerprint density at radius 2 is 2.11 bits per heavy atom. The van der Waals surface area contributed by atoms with Gasteiger partial charge >= 0.3 is 5.97 Å². The Balaban J connectivity index is 2.38. The molecule has 0 bridgehead atoms. The number of rotatable bonds is 4. The first-order chi connectivity index (χ1) is 8.28. The molecule has 0 radical (unpaired) electrons. The van der Waals surface area contributed by atoms with E-state index in [1.807, 2.05) is 20.8 Å². The lowest BCUT2D eigenvalue weighted by molar-refractivity contribution is -0.151. The molecular weight excluding hydrogens is 250 g/mol. The summed E-state index contributed by atoms with van der Waals surface area (Å²) in [7, 11) is 0. The van der Waals surface area contributed by atoms with Crippen LogP contribution < -0.4 is 5.73 Å². The van der Waals surface area contributed by atoms with Gasteiger partial charge in [-0.3, -0.25) is 4.79 Å². The molecule has 18 heavy (non-hydrogen) atoms. The summed E-state index contributed by atoms with van der Waals surface area (Å²) in [5.74, 6) is 0.817. The zero-order chi connectivity index (χ0) is 13.8. The third-order valence-electron chi connectivity index (χ3n) is 2.00. The highest BCUT2D eigenvalue weighted by Crippen LogP contribution is 2.23. The maximum Gasteiger partial charge on any atom is 0.316 e. The van der Waals surface area contributed by atoms with Crippen LogP contribution in [0.4, 0.5) is 5.69 Å². The van der Waals surface area contributed by atoms with E-state index in [2.05, 4.69) is 0 Å². The smallest absolute Gasteiger partial charge is 0.316 e. The quantitative estimate of drug-likeness (QED) is 0.499. The van der Waals surface area contributed by atoms with Crippen molar-refractivity contribution in [2.24, 2.45) is 0 Å². The molecule has 0 fully saturated rings. The van der Waals surface area contributed by atoms with E-state index in [0.717, 1.165) is 5.56 Å². The first-order valence-corrected chi connectivity index (χ1v) is 6.80. The number of aromatic hydroxyl groups is 1. The molecule has 1 aromatic rings. The van der Waals surface area contributed by atoms with Gasteiger partial charge in [0.2, 0.25) is 0 Å². The average Bonchev–Trinajstić information content (AvgIpc) is 2.20. The molecule has 0 heterocycles. The lowest BCUT2D eigenvalue weighted by Crippen LogP contribution is -2.24. The maximum absolute atomic E-state index is 11.5. The molecule has 0 atom stereocenters. The van der Waals surface area contributed by atoms with E-state index in [1.165, 1.54) is 11.8 Å². The largest absolute Gasteiger partial charge is 0.506 e. The number of esters is 1. The van der Waals surface area contributed by atoms with E-state index in [1.54, 1.807) is 18.2 Å². The molecule has 0 aliphatic rings. The molecule has 0 aliphatic carbocycles. The first kappa shape index (κ1) is 14.7. The molecule has 5 heteroatoms. The van der Waals surface area contributed by atoms with Gasteiger partial charge in [0.1, 0.15) is 11.4 Å². The zero-order valence-corrected chi connectivity index (χ0v) is 11.7. The number of ether oxygens (including phenoxy) is 1. The van der Waals surface area contributed by atoms with Crippen LogP contribution in [0.5, 0.6) is 5.75 Å². The number of hydrogen-bond donors (Lipinski definition) is 2. The predicted octanol–water partition coefficient (Wildman–Crippen LogP) is 2.55. The number of nitrogens with two attached hydrogens (primary N) is 1. The van der Waals surface area contributed by atoms with E-state index in [4.69, 9.17) is 10.5 Å². The van der Waals surface area contributed by atoms with Gasteiger partial charge in [0.05, 0.1) is 11.4 Å². The van der Waals surface area contributed by atoms with E-state index in [0.29, 0.717) is 17.2 Å². The minimum absolute atomic E-state index is 0.0795. The molecule has 1 rings (SSSR count). The highest BCUT2D eigenvalue weighted by molar-refractivity contribution is 7.99. The van der Waals surface area contributed by atoms with E-state index >= 15 is 0 Å². The van der Waals surface area contributed by atoms with Gasteiger partial charge in [-0.05, 0) is 38.5 Å². The summed E-state index contributed by atoms with van der Waals surface area (Å²) in [6, 6.07) is 5.05. The number of benzene rings is 1. The zero-order valence-electron chi connectivity index (χ0n) is 10.9. The first-order valence-electron chi connectivity index (χ1n) is 5.65. The van der Waals surface area contributed by atoms with Gasteiger partial charge in [0.25, 0.3) is 0 Å². The van der Waals surface area contributed by atoms with Gasteiger partial charge in [-0.2, -0.15) is 0 Å². The minimum atomic E-state index is -0.444. The molecule has 0 saturated carbocycles. The molecular formula is C13H19NO3S. The second-order valence-electron chi connectivity index (χ2n) is 4.97. The van der Waals surface area contributed by atoms with Gasteiger partial charge in [-0.1, -0.05) is 6.07 Å². The third kappa shape index (κ3) is 5.31. The molecule has 3 N–H and O–H groups in total. The summed E-state index contributed by atoms with van der Waals surface area (Å²) in [5, 5.41) is 9.28. The number of hydrogen-bond acceptors (Lipinski definition) is 5. The maximum atomic E-state index is 11.5. The summed E-state index contributed by atoms with van der Waals surface area (Å²) >= 11 is 1.46. The fraction of sp³-hybridized carbons (Fsp3) is 0.462. The molecule has 0 saturated heterocycles. The summed E-state index contributed by atoms with van der Waals surface area (Å²) in [6.07, 6.45) is 0. The van der Waals surface area contributed by atoms with Crippen LogP contribution in [0.25, 0.3) is 0 Å². The molecule has 0 aliphatic heterocycles. The summed E-state index contributed by atoms with van der Waals surface area (Å²) in [5.41, 5.74) is 6.46. The van der Waals surface area contributed by atoms with E-state index in [-0.39, 0.29) is 11.7 Å². The number of phenolic OH excluding ortho intramolecular Hbond substituents is 1. The Kier molecular flexibility index (Phi) is 4.90. The molecule has 4 nitrogen and oxygen atoms in total. The van der Waals surface area contributed by atoms with Crippen LogP contribution in [0.3, 0.4) is 0 Å². The van der Waals surface area contributed by atoms with E-state index < -0.39 is 5.60 Å². The van der Waals surface area contributed by atoms with Crippen molar-refractivity contribution in [3.05, 3.63) is 23.8 Å². The van der Waals surface area contributed by atoms with Gasteiger partial charge in [0, 0.05) is 5.75 Å². The van der Waals surface area contributed by atoms with Crippen LogP contribution in [0.2, 0.25) is 0 Å².